The van der Waals surface area contributed by atoms with Gasteiger partial charge in [0.25, 0.3) is 0 Å². The van der Waals surface area contributed by atoms with E-state index in [4.69, 9.17) is 11.6 Å². The summed E-state index contributed by atoms with van der Waals surface area (Å²) in [5.41, 5.74) is 0.999. The van der Waals surface area contributed by atoms with Crippen LogP contribution in [0.25, 0.3) is 0 Å². The fraction of sp³-hybridized carbons (Fsp3) is 0.636. The van der Waals surface area contributed by atoms with Gasteiger partial charge in [0.15, 0.2) is 0 Å². The third-order valence-electron chi connectivity index (χ3n) is 2.29. The Morgan fingerprint density at radius 1 is 1.33 bits per heavy atom. The summed E-state index contributed by atoms with van der Waals surface area (Å²) in [7, 11) is 0. The Hall–Kier alpha value is -0.280. The van der Waals surface area contributed by atoms with Crippen LogP contribution in [0.15, 0.2) is 5.03 Å². The molecule has 0 aliphatic heterocycles. The Morgan fingerprint density at radius 3 is 2.53 bits per heavy atom. The molecule has 0 aliphatic rings. The molecule has 0 saturated carbocycles. The molecule has 1 rings (SSSR count). The van der Waals surface area contributed by atoms with Crippen molar-refractivity contribution < 1.29 is 0 Å². The molecule has 2 nitrogen and oxygen atoms in total. The van der Waals surface area contributed by atoms with Crippen molar-refractivity contribution in [2.24, 2.45) is 0 Å². The maximum atomic E-state index is 6.06. The molecule has 15 heavy (non-hydrogen) atoms. The van der Waals surface area contributed by atoms with Gasteiger partial charge >= 0.3 is 0 Å². The molecule has 1 unspecified atom stereocenters. The average molecular weight is 245 g/mol. The molecule has 0 bridgehead atoms. The number of aromatic nitrogens is 2. The van der Waals surface area contributed by atoms with Gasteiger partial charge in [-0.1, -0.05) is 32.4 Å². The zero-order valence-corrected chi connectivity index (χ0v) is 11.2. The topological polar surface area (TPSA) is 25.8 Å². The van der Waals surface area contributed by atoms with Crippen LogP contribution in [-0.4, -0.2) is 15.2 Å². The number of hydrogen-bond acceptors (Lipinski definition) is 3. The van der Waals surface area contributed by atoms with Crippen molar-refractivity contribution in [1.29, 1.82) is 0 Å². The minimum atomic E-state index is 0.569. The lowest BCUT2D eigenvalue weighted by molar-refractivity contribution is 0.856. The molecule has 0 spiro atoms. The smallest absolute Gasteiger partial charge is 0.136 e. The Balaban J connectivity index is 2.99. The van der Waals surface area contributed by atoms with Crippen LogP contribution >= 0.6 is 23.4 Å². The molecule has 84 valence electrons. The van der Waals surface area contributed by atoms with Gasteiger partial charge in [-0.05, 0) is 13.3 Å². The number of rotatable bonds is 4. The zero-order valence-electron chi connectivity index (χ0n) is 9.67. The lowest BCUT2D eigenvalue weighted by Gasteiger charge is -2.11. The Bertz CT molecular complexity index is 342. The molecule has 0 N–H and O–H groups in total. The number of nitrogens with zero attached hydrogens (tertiary/aromatic N) is 2. The first-order valence-corrected chi connectivity index (χ1v) is 6.53. The number of aryl methyl sites for hydroxylation is 1. The van der Waals surface area contributed by atoms with Crippen molar-refractivity contribution >= 4 is 23.4 Å². The Morgan fingerprint density at radius 2 is 2.00 bits per heavy atom. The maximum Gasteiger partial charge on any atom is 0.136 e. The molecular weight excluding hydrogens is 228 g/mol. The zero-order chi connectivity index (χ0) is 11.4. The van der Waals surface area contributed by atoms with E-state index in [0.29, 0.717) is 10.4 Å². The second-order valence-electron chi connectivity index (χ2n) is 3.55. The van der Waals surface area contributed by atoms with Crippen LogP contribution in [0.3, 0.4) is 0 Å². The first-order valence-electron chi connectivity index (χ1n) is 5.28. The molecular formula is C11H17ClN2S. The van der Waals surface area contributed by atoms with Crippen molar-refractivity contribution in [2.75, 3.05) is 0 Å². The van der Waals surface area contributed by atoms with Crippen molar-refractivity contribution in [3.05, 3.63) is 16.5 Å². The van der Waals surface area contributed by atoms with Gasteiger partial charge in [-0.2, -0.15) is 0 Å². The van der Waals surface area contributed by atoms with E-state index < -0.39 is 0 Å². The SMILES string of the molecule is CCc1nc(Cl)c(C)c(SC(C)CC)n1. The van der Waals surface area contributed by atoms with Crippen LogP contribution in [-0.2, 0) is 6.42 Å². The quantitative estimate of drug-likeness (QED) is 0.594. The average Bonchev–Trinajstić information content (AvgIpc) is 2.24. The largest absolute Gasteiger partial charge is 0.226 e. The van der Waals surface area contributed by atoms with E-state index in [1.54, 1.807) is 11.8 Å². The molecule has 4 heteroatoms. The van der Waals surface area contributed by atoms with Gasteiger partial charge in [0.05, 0.1) is 0 Å². The van der Waals surface area contributed by atoms with Gasteiger partial charge in [0.2, 0.25) is 0 Å². The van der Waals surface area contributed by atoms with Crippen molar-refractivity contribution in [3.63, 3.8) is 0 Å². The highest BCUT2D eigenvalue weighted by Crippen LogP contribution is 2.29. The highest BCUT2D eigenvalue weighted by Gasteiger charge is 2.11. The maximum absolute atomic E-state index is 6.06. The van der Waals surface area contributed by atoms with Crippen LogP contribution in [0, 0.1) is 6.92 Å². The van der Waals surface area contributed by atoms with Gasteiger partial charge in [0, 0.05) is 17.2 Å². The molecule has 0 aliphatic carbocycles. The molecule has 1 atom stereocenters. The molecule has 1 aromatic heterocycles. The summed E-state index contributed by atoms with van der Waals surface area (Å²) < 4.78 is 0. The predicted octanol–water partition coefficient (Wildman–Crippen LogP) is 3.89. The fourth-order valence-electron chi connectivity index (χ4n) is 1.06. The first kappa shape index (κ1) is 12.8. The van der Waals surface area contributed by atoms with E-state index in [1.807, 2.05) is 13.8 Å². The standard InChI is InChI=1S/C11H17ClN2S/c1-5-7(3)15-11-8(4)10(12)13-9(6-2)14-11/h7H,5-6H2,1-4H3. The summed E-state index contributed by atoms with van der Waals surface area (Å²) in [6.07, 6.45) is 1.96. The summed E-state index contributed by atoms with van der Waals surface area (Å²) in [6.45, 7) is 8.40. The van der Waals surface area contributed by atoms with E-state index in [1.165, 1.54) is 0 Å². The molecule has 0 fully saturated rings. The van der Waals surface area contributed by atoms with Crippen molar-refractivity contribution in [2.45, 2.75) is 50.8 Å². The molecule has 0 saturated heterocycles. The van der Waals surface area contributed by atoms with Crippen molar-refractivity contribution in [3.8, 4) is 0 Å². The van der Waals surface area contributed by atoms with Crippen LogP contribution in [0.2, 0.25) is 5.15 Å². The summed E-state index contributed by atoms with van der Waals surface area (Å²) in [5, 5.41) is 2.19. The van der Waals surface area contributed by atoms with Crippen LogP contribution in [0.5, 0.6) is 0 Å². The summed E-state index contributed by atoms with van der Waals surface area (Å²) in [4.78, 5) is 8.73. The monoisotopic (exact) mass is 244 g/mol. The summed E-state index contributed by atoms with van der Waals surface area (Å²) >= 11 is 7.84. The van der Waals surface area contributed by atoms with E-state index in [-0.39, 0.29) is 0 Å². The lowest BCUT2D eigenvalue weighted by Crippen LogP contribution is -2.01. The lowest BCUT2D eigenvalue weighted by atomic mass is 10.3. The van der Waals surface area contributed by atoms with Gasteiger partial charge in [-0.25, -0.2) is 9.97 Å². The predicted molar refractivity (Wildman–Crippen MR) is 66.8 cm³/mol. The molecule has 0 aromatic carbocycles. The summed E-state index contributed by atoms with van der Waals surface area (Å²) in [5.74, 6) is 0.830. The van der Waals surface area contributed by atoms with Gasteiger partial charge in [-0.15, -0.1) is 11.8 Å². The van der Waals surface area contributed by atoms with Crippen LogP contribution < -0.4 is 0 Å². The fourth-order valence-corrected chi connectivity index (χ4v) is 2.28. The van der Waals surface area contributed by atoms with Gasteiger partial charge in [-0.3, -0.25) is 0 Å². The number of halogens is 1. The van der Waals surface area contributed by atoms with Gasteiger partial charge < -0.3 is 0 Å². The minimum Gasteiger partial charge on any atom is -0.226 e. The van der Waals surface area contributed by atoms with E-state index in [9.17, 15) is 0 Å². The molecule has 0 radical (unpaired) electrons. The Labute approximate surface area is 101 Å². The van der Waals surface area contributed by atoms with Crippen LogP contribution in [0.4, 0.5) is 0 Å². The number of hydrogen-bond donors (Lipinski definition) is 0. The third kappa shape index (κ3) is 3.35. The Kier molecular flexibility index (Phi) is 4.87. The second-order valence-corrected chi connectivity index (χ2v) is 5.34. The molecule has 1 heterocycles. The minimum absolute atomic E-state index is 0.569. The molecule has 0 amide bonds. The summed E-state index contributed by atoms with van der Waals surface area (Å²) in [6, 6.07) is 0. The van der Waals surface area contributed by atoms with Gasteiger partial charge in [0.1, 0.15) is 16.0 Å². The highest BCUT2D eigenvalue weighted by molar-refractivity contribution is 7.99. The third-order valence-corrected chi connectivity index (χ3v) is 4.02. The van der Waals surface area contributed by atoms with E-state index in [2.05, 4.69) is 23.8 Å². The first-order chi connectivity index (χ1) is 7.08. The number of thioether (sulfide) groups is 1. The molecule has 1 aromatic rings. The van der Waals surface area contributed by atoms with Crippen molar-refractivity contribution in [1.82, 2.24) is 9.97 Å². The normalized spacial score (nSPS) is 12.9. The van der Waals surface area contributed by atoms with E-state index >= 15 is 0 Å². The highest BCUT2D eigenvalue weighted by atomic mass is 35.5. The van der Waals surface area contributed by atoms with Crippen LogP contribution in [0.1, 0.15) is 38.6 Å². The second kappa shape index (κ2) is 5.71. The van der Waals surface area contributed by atoms with E-state index in [0.717, 1.165) is 29.3 Å².